The van der Waals surface area contributed by atoms with Crippen LogP contribution in [0.3, 0.4) is 0 Å². The Labute approximate surface area is 136 Å². The first-order chi connectivity index (χ1) is 11.3. The van der Waals surface area contributed by atoms with Gasteiger partial charge in [-0.25, -0.2) is 10.2 Å². The average molecular weight is 343 g/mol. The molecule has 0 unspecified atom stereocenters. The lowest BCUT2D eigenvalue weighted by Gasteiger charge is -2.38. The SMILES string of the molecule is CC1(CNc2ccc(C3=NNC(=O)OC3)cc2C(F)(F)F)COC1. The molecule has 3 rings (SSSR count). The minimum absolute atomic E-state index is 0.000684. The van der Waals surface area contributed by atoms with Crippen LogP contribution >= 0.6 is 0 Å². The second-order valence-corrected chi connectivity index (χ2v) is 6.16. The van der Waals surface area contributed by atoms with Crippen molar-refractivity contribution in [2.75, 3.05) is 31.7 Å². The van der Waals surface area contributed by atoms with Crippen LogP contribution in [-0.4, -0.2) is 38.2 Å². The fraction of sp³-hybridized carbons (Fsp3) is 0.467. The van der Waals surface area contributed by atoms with E-state index in [4.69, 9.17) is 9.47 Å². The van der Waals surface area contributed by atoms with Gasteiger partial charge in [0.2, 0.25) is 0 Å². The van der Waals surface area contributed by atoms with Gasteiger partial charge in [0.15, 0.2) is 0 Å². The van der Waals surface area contributed by atoms with E-state index in [1.54, 1.807) is 0 Å². The number of alkyl halides is 3. The van der Waals surface area contributed by atoms with Gasteiger partial charge in [-0.3, -0.25) is 0 Å². The van der Waals surface area contributed by atoms with Gasteiger partial charge in [-0.2, -0.15) is 18.3 Å². The molecule has 2 N–H and O–H groups in total. The van der Waals surface area contributed by atoms with E-state index in [1.165, 1.54) is 12.1 Å². The Bertz CT molecular complexity index is 684. The van der Waals surface area contributed by atoms with E-state index in [-0.39, 0.29) is 29.0 Å². The summed E-state index contributed by atoms with van der Waals surface area (Å²) in [5.74, 6) is 0. The highest BCUT2D eigenvalue weighted by molar-refractivity contribution is 6.04. The predicted octanol–water partition coefficient (Wildman–Crippen LogP) is 2.60. The molecule has 2 aliphatic rings. The lowest BCUT2D eigenvalue weighted by atomic mass is 9.88. The van der Waals surface area contributed by atoms with E-state index in [0.29, 0.717) is 19.8 Å². The maximum atomic E-state index is 13.4. The summed E-state index contributed by atoms with van der Waals surface area (Å²) < 4.78 is 49.9. The Hall–Kier alpha value is -2.29. The van der Waals surface area contributed by atoms with E-state index in [2.05, 4.69) is 15.8 Å². The average Bonchev–Trinajstić information content (AvgIpc) is 2.51. The molecule has 0 radical (unpaired) electrons. The van der Waals surface area contributed by atoms with Crippen molar-refractivity contribution in [3.05, 3.63) is 29.3 Å². The highest BCUT2D eigenvalue weighted by Gasteiger charge is 2.37. The van der Waals surface area contributed by atoms with Crippen LogP contribution < -0.4 is 10.7 Å². The summed E-state index contributed by atoms with van der Waals surface area (Å²) in [6.45, 7) is 3.20. The molecule has 0 aliphatic carbocycles. The van der Waals surface area contributed by atoms with Crippen LogP contribution in [0.15, 0.2) is 23.3 Å². The molecule has 1 aromatic carbocycles. The third kappa shape index (κ3) is 3.45. The summed E-state index contributed by atoms with van der Waals surface area (Å²) in [5, 5.41) is 6.59. The van der Waals surface area contributed by atoms with Gasteiger partial charge in [0.1, 0.15) is 12.3 Å². The zero-order valence-corrected chi connectivity index (χ0v) is 12.9. The number of nitrogens with one attached hydrogen (secondary N) is 2. The molecule has 1 aromatic rings. The number of benzene rings is 1. The van der Waals surface area contributed by atoms with Crippen molar-refractivity contribution < 1.29 is 27.4 Å². The van der Waals surface area contributed by atoms with Crippen molar-refractivity contribution in [2.24, 2.45) is 10.5 Å². The fourth-order valence-corrected chi connectivity index (χ4v) is 2.43. The first-order valence-electron chi connectivity index (χ1n) is 7.29. The molecule has 0 saturated carbocycles. The summed E-state index contributed by atoms with van der Waals surface area (Å²) in [7, 11) is 0. The summed E-state index contributed by atoms with van der Waals surface area (Å²) in [5.41, 5.74) is 1.60. The van der Waals surface area contributed by atoms with Gasteiger partial charge in [0.05, 0.1) is 18.8 Å². The number of halogens is 3. The normalized spacial score (nSPS) is 19.7. The molecule has 1 fully saturated rings. The maximum absolute atomic E-state index is 13.4. The van der Waals surface area contributed by atoms with E-state index < -0.39 is 17.8 Å². The van der Waals surface area contributed by atoms with Crippen molar-refractivity contribution in [1.29, 1.82) is 0 Å². The molecule has 1 amide bonds. The predicted molar refractivity (Wildman–Crippen MR) is 79.9 cm³/mol. The monoisotopic (exact) mass is 343 g/mol. The van der Waals surface area contributed by atoms with Gasteiger partial charge in [0, 0.05) is 23.2 Å². The van der Waals surface area contributed by atoms with Gasteiger partial charge in [-0.05, 0) is 12.1 Å². The van der Waals surface area contributed by atoms with E-state index in [9.17, 15) is 18.0 Å². The van der Waals surface area contributed by atoms with Gasteiger partial charge < -0.3 is 14.8 Å². The van der Waals surface area contributed by atoms with Crippen LogP contribution in [0.1, 0.15) is 18.1 Å². The number of carbonyl (C=O) groups is 1. The molecule has 0 spiro atoms. The number of hydrogen-bond donors (Lipinski definition) is 2. The second-order valence-electron chi connectivity index (χ2n) is 6.16. The number of anilines is 1. The Morgan fingerprint density at radius 1 is 1.38 bits per heavy atom. The number of hydrazone groups is 1. The lowest BCUT2D eigenvalue weighted by molar-refractivity contribution is -0.137. The van der Waals surface area contributed by atoms with E-state index >= 15 is 0 Å². The number of nitrogens with zero attached hydrogens (tertiary/aromatic N) is 1. The second kappa shape index (κ2) is 5.97. The number of ether oxygens (including phenoxy) is 2. The molecule has 0 atom stereocenters. The Morgan fingerprint density at radius 2 is 2.12 bits per heavy atom. The van der Waals surface area contributed by atoms with Crippen molar-refractivity contribution in [1.82, 2.24) is 5.43 Å². The smallest absolute Gasteiger partial charge is 0.428 e. The summed E-state index contributed by atoms with van der Waals surface area (Å²) in [6.07, 6.45) is -5.25. The topological polar surface area (TPSA) is 72.0 Å². The first-order valence-corrected chi connectivity index (χ1v) is 7.29. The Morgan fingerprint density at radius 3 is 2.67 bits per heavy atom. The van der Waals surface area contributed by atoms with E-state index in [1.807, 2.05) is 6.92 Å². The molecule has 0 bridgehead atoms. The van der Waals surface area contributed by atoms with Gasteiger partial charge in [-0.15, -0.1) is 0 Å². The molecule has 9 heteroatoms. The number of hydrogen-bond acceptors (Lipinski definition) is 5. The van der Waals surface area contributed by atoms with Crippen LogP contribution in [0.5, 0.6) is 0 Å². The fourth-order valence-electron chi connectivity index (χ4n) is 2.43. The molecule has 24 heavy (non-hydrogen) atoms. The van der Waals surface area contributed by atoms with Crippen LogP contribution in [0.4, 0.5) is 23.7 Å². The zero-order chi connectivity index (χ0) is 17.4. The first kappa shape index (κ1) is 16.6. The van der Waals surface area contributed by atoms with Crippen molar-refractivity contribution in [3.63, 3.8) is 0 Å². The molecule has 2 heterocycles. The number of rotatable bonds is 4. The maximum Gasteiger partial charge on any atom is 0.428 e. The minimum Gasteiger partial charge on any atom is -0.442 e. The number of cyclic esters (lactones) is 1. The van der Waals surface area contributed by atoms with Gasteiger partial charge in [-0.1, -0.05) is 13.0 Å². The number of amides is 1. The van der Waals surface area contributed by atoms with Crippen LogP contribution in [0.2, 0.25) is 0 Å². The third-order valence-corrected chi connectivity index (χ3v) is 3.89. The van der Waals surface area contributed by atoms with Gasteiger partial charge >= 0.3 is 12.3 Å². The molecule has 2 aliphatic heterocycles. The van der Waals surface area contributed by atoms with Crippen molar-refractivity contribution >= 4 is 17.5 Å². The van der Waals surface area contributed by atoms with Crippen molar-refractivity contribution in [3.8, 4) is 0 Å². The summed E-state index contributed by atoms with van der Waals surface area (Å²) in [4.78, 5) is 10.9. The molecule has 1 saturated heterocycles. The highest BCUT2D eigenvalue weighted by atomic mass is 19.4. The van der Waals surface area contributed by atoms with Gasteiger partial charge in [0.25, 0.3) is 0 Å². The largest absolute Gasteiger partial charge is 0.442 e. The van der Waals surface area contributed by atoms with Crippen molar-refractivity contribution in [2.45, 2.75) is 13.1 Å². The summed E-state index contributed by atoms with van der Waals surface area (Å²) >= 11 is 0. The Kier molecular flexibility index (Phi) is 4.12. The van der Waals surface area contributed by atoms with Crippen LogP contribution in [0.25, 0.3) is 0 Å². The quantitative estimate of drug-likeness (QED) is 0.881. The summed E-state index contributed by atoms with van der Waals surface area (Å²) in [6, 6.07) is 3.87. The third-order valence-electron chi connectivity index (χ3n) is 3.89. The standard InChI is InChI=1S/C15H16F3N3O3/c1-14(7-23-8-14)6-19-11-3-2-9(4-10(11)15(16,17)18)12-5-24-13(22)21-20-12/h2-4,19H,5-8H2,1H3,(H,21,22). The van der Waals surface area contributed by atoms with Crippen LogP contribution in [0, 0.1) is 5.41 Å². The number of carbonyl (C=O) groups excluding carboxylic acids is 1. The highest BCUT2D eigenvalue weighted by Crippen LogP contribution is 2.37. The molecule has 0 aromatic heterocycles. The zero-order valence-electron chi connectivity index (χ0n) is 12.9. The molecule has 130 valence electrons. The van der Waals surface area contributed by atoms with E-state index in [0.717, 1.165) is 6.07 Å². The minimum atomic E-state index is -4.52. The Balaban J connectivity index is 1.85. The molecule has 6 nitrogen and oxygen atoms in total. The molecular weight excluding hydrogens is 327 g/mol. The molecular formula is C15H16F3N3O3. The lowest BCUT2D eigenvalue weighted by Crippen LogP contribution is -2.45. The van der Waals surface area contributed by atoms with Crippen LogP contribution in [-0.2, 0) is 15.7 Å².